The molecule has 1 heteroatoms. The van der Waals surface area contributed by atoms with Crippen molar-refractivity contribution in [3.8, 4) is 6.07 Å². The first kappa shape index (κ1) is 12.0. The van der Waals surface area contributed by atoms with Gasteiger partial charge in [0.25, 0.3) is 0 Å². The maximum atomic E-state index is 9.63. The minimum atomic E-state index is -0.272. The highest BCUT2D eigenvalue weighted by Gasteiger charge is 2.47. The number of benzene rings is 2. The van der Waals surface area contributed by atoms with Crippen LogP contribution in [0.2, 0.25) is 0 Å². The Balaban J connectivity index is 1.87. The number of hydrogen-bond acceptors (Lipinski definition) is 1. The summed E-state index contributed by atoms with van der Waals surface area (Å²) >= 11 is 0. The fourth-order valence-electron chi connectivity index (χ4n) is 3.22. The van der Waals surface area contributed by atoms with E-state index in [-0.39, 0.29) is 5.41 Å². The van der Waals surface area contributed by atoms with Gasteiger partial charge in [0.2, 0.25) is 0 Å². The van der Waals surface area contributed by atoms with Crippen LogP contribution in [0.1, 0.15) is 35.4 Å². The van der Waals surface area contributed by atoms with Crippen molar-refractivity contribution < 1.29 is 0 Å². The lowest BCUT2D eigenvalue weighted by atomic mass is 9.57. The molecule has 0 radical (unpaired) electrons. The maximum Gasteiger partial charge on any atom is 0.0836 e. The molecule has 0 bridgehead atoms. The average molecular weight is 247 g/mol. The molecule has 0 atom stereocenters. The molecule has 1 aliphatic rings. The van der Waals surface area contributed by atoms with Crippen molar-refractivity contribution in [1.29, 1.82) is 5.26 Å². The van der Waals surface area contributed by atoms with Crippen molar-refractivity contribution in [3.05, 3.63) is 71.3 Å². The van der Waals surface area contributed by atoms with Crippen LogP contribution in [0, 0.1) is 18.3 Å². The normalized spacial score (nSPS) is 25.4. The molecule has 0 N–H and O–H groups in total. The van der Waals surface area contributed by atoms with Crippen molar-refractivity contribution in [3.63, 3.8) is 0 Å². The Kier molecular flexibility index (Phi) is 2.87. The molecule has 0 saturated heterocycles. The Hall–Kier alpha value is -2.07. The van der Waals surface area contributed by atoms with E-state index in [2.05, 4.69) is 49.4 Å². The molecular formula is C18H17N. The van der Waals surface area contributed by atoms with Crippen LogP contribution in [-0.2, 0) is 5.41 Å². The lowest BCUT2D eigenvalue weighted by Crippen LogP contribution is -2.39. The zero-order chi connectivity index (χ0) is 13.3. The second kappa shape index (κ2) is 4.55. The summed E-state index contributed by atoms with van der Waals surface area (Å²) in [6, 6.07) is 21.4. The lowest BCUT2D eigenvalue weighted by Gasteiger charge is -2.44. The number of nitriles is 1. The molecule has 19 heavy (non-hydrogen) atoms. The summed E-state index contributed by atoms with van der Waals surface area (Å²) in [6.45, 7) is 2.10. The van der Waals surface area contributed by atoms with Crippen LogP contribution in [0.3, 0.4) is 0 Å². The van der Waals surface area contributed by atoms with Crippen LogP contribution in [-0.4, -0.2) is 0 Å². The molecule has 0 spiro atoms. The van der Waals surface area contributed by atoms with E-state index >= 15 is 0 Å². The molecule has 1 nitrogen and oxygen atoms in total. The summed E-state index contributed by atoms with van der Waals surface area (Å²) in [4.78, 5) is 0. The Labute approximate surface area is 114 Å². The molecule has 1 saturated carbocycles. The first-order valence-electron chi connectivity index (χ1n) is 6.77. The average Bonchev–Trinajstić information content (AvgIpc) is 2.41. The van der Waals surface area contributed by atoms with E-state index in [1.165, 1.54) is 16.7 Å². The third-order valence-corrected chi connectivity index (χ3v) is 4.34. The summed E-state index contributed by atoms with van der Waals surface area (Å²) < 4.78 is 0. The van der Waals surface area contributed by atoms with Crippen LogP contribution in [0.25, 0.3) is 0 Å². The van der Waals surface area contributed by atoms with E-state index in [0.29, 0.717) is 5.92 Å². The maximum absolute atomic E-state index is 9.63. The lowest BCUT2D eigenvalue weighted by molar-refractivity contribution is 0.269. The smallest absolute Gasteiger partial charge is 0.0836 e. The van der Waals surface area contributed by atoms with E-state index < -0.39 is 0 Å². The first-order valence-corrected chi connectivity index (χ1v) is 6.77. The largest absolute Gasteiger partial charge is 0.197 e. The molecule has 3 rings (SSSR count). The number of nitrogens with zero attached hydrogens (tertiary/aromatic N) is 1. The van der Waals surface area contributed by atoms with Crippen LogP contribution in [0.4, 0.5) is 0 Å². The highest BCUT2D eigenvalue weighted by Crippen LogP contribution is 2.52. The second-order valence-corrected chi connectivity index (χ2v) is 5.52. The Bertz CT molecular complexity index is 616. The summed E-state index contributed by atoms with van der Waals surface area (Å²) in [6.07, 6.45) is 1.89. The Morgan fingerprint density at radius 1 is 1.00 bits per heavy atom. The van der Waals surface area contributed by atoms with Gasteiger partial charge in [-0.2, -0.15) is 5.26 Å². The van der Waals surface area contributed by atoms with Gasteiger partial charge in [-0.25, -0.2) is 0 Å². The zero-order valence-electron chi connectivity index (χ0n) is 11.1. The van der Waals surface area contributed by atoms with Gasteiger partial charge >= 0.3 is 0 Å². The SMILES string of the molecule is Cc1ccccc1C1(C#N)CC(c2ccccc2)C1. The van der Waals surface area contributed by atoms with Gasteiger partial charge in [0.15, 0.2) is 0 Å². The summed E-state index contributed by atoms with van der Waals surface area (Å²) in [5.74, 6) is 0.528. The third-order valence-electron chi connectivity index (χ3n) is 4.34. The first-order chi connectivity index (χ1) is 9.25. The highest BCUT2D eigenvalue weighted by atomic mass is 14.5. The van der Waals surface area contributed by atoms with Crippen molar-refractivity contribution in [2.24, 2.45) is 0 Å². The van der Waals surface area contributed by atoms with Gasteiger partial charge in [0.1, 0.15) is 0 Å². The van der Waals surface area contributed by atoms with Gasteiger partial charge < -0.3 is 0 Å². The molecule has 0 aliphatic heterocycles. The monoisotopic (exact) mass is 247 g/mol. The van der Waals surface area contributed by atoms with Gasteiger partial charge in [0.05, 0.1) is 11.5 Å². The van der Waals surface area contributed by atoms with Crippen LogP contribution >= 0.6 is 0 Å². The molecule has 94 valence electrons. The van der Waals surface area contributed by atoms with E-state index in [9.17, 15) is 5.26 Å². The number of hydrogen-bond donors (Lipinski definition) is 0. The van der Waals surface area contributed by atoms with E-state index in [1.54, 1.807) is 0 Å². The van der Waals surface area contributed by atoms with Crippen molar-refractivity contribution in [2.75, 3.05) is 0 Å². The second-order valence-electron chi connectivity index (χ2n) is 5.52. The molecule has 0 heterocycles. The quantitative estimate of drug-likeness (QED) is 0.774. The fourth-order valence-corrected chi connectivity index (χ4v) is 3.22. The predicted molar refractivity (Wildman–Crippen MR) is 76.9 cm³/mol. The van der Waals surface area contributed by atoms with Gasteiger partial charge in [-0.15, -0.1) is 0 Å². The molecule has 0 unspecified atom stereocenters. The van der Waals surface area contributed by atoms with Gasteiger partial charge in [-0.3, -0.25) is 0 Å². The van der Waals surface area contributed by atoms with Crippen molar-refractivity contribution in [2.45, 2.75) is 31.1 Å². The van der Waals surface area contributed by atoms with E-state index in [1.807, 2.05) is 18.2 Å². The zero-order valence-corrected chi connectivity index (χ0v) is 11.1. The minimum Gasteiger partial charge on any atom is -0.197 e. The Morgan fingerprint density at radius 3 is 2.26 bits per heavy atom. The van der Waals surface area contributed by atoms with Crippen LogP contribution < -0.4 is 0 Å². The van der Waals surface area contributed by atoms with E-state index in [0.717, 1.165) is 12.8 Å². The fraction of sp³-hybridized carbons (Fsp3) is 0.278. The highest BCUT2D eigenvalue weighted by molar-refractivity contribution is 5.44. The van der Waals surface area contributed by atoms with Gasteiger partial charge in [-0.05, 0) is 42.4 Å². The predicted octanol–water partition coefficient (Wildman–Crippen LogP) is 4.33. The molecule has 2 aromatic carbocycles. The number of aryl methyl sites for hydroxylation is 1. The summed E-state index contributed by atoms with van der Waals surface area (Å²) in [5, 5.41) is 9.63. The summed E-state index contributed by atoms with van der Waals surface area (Å²) in [7, 11) is 0. The Morgan fingerprint density at radius 2 is 1.63 bits per heavy atom. The molecular weight excluding hydrogens is 230 g/mol. The summed E-state index contributed by atoms with van der Waals surface area (Å²) in [5.41, 5.74) is 3.54. The standard InChI is InChI=1S/C18H17N/c1-14-7-5-6-10-17(14)18(13-19)11-16(12-18)15-8-3-2-4-9-15/h2-10,16H,11-12H2,1H3. The van der Waals surface area contributed by atoms with Crippen molar-refractivity contribution >= 4 is 0 Å². The van der Waals surface area contributed by atoms with E-state index in [4.69, 9.17) is 0 Å². The van der Waals surface area contributed by atoms with Gasteiger partial charge in [-0.1, -0.05) is 54.6 Å². The van der Waals surface area contributed by atoms with Crippen LogP contribution in [0.5, 0.6) is 0 Å². The van der Waals surface area contributed by atoms with Gasteiger partial charge in [0, 0.05) is 0 Å². The molecule has 0 amide bonds. The topological polar surface area (TPSA) is 23.8 Å². The third kappa shape index (κ3) is 1.94. The molecule has 1 fully saturated rings. The number of rotatable bonds is 2. The molecule has 2 aromatic rings. The van der Waals surface area contributed by atoms with Crippen molar-refractivity contribution in [1.82, 2.24) is 0 Å². The minimum absolute atomic E-state index is 0.272. The molecule has 1 aliphatic carbocycles. The van der Waals surface area contributed by atoms with Crippen LogP contribution in [0.15, 0.2) is 54.6 Å². The molecule has 0 aromatic heterocycles.